The number of carboxylic acid groups (broad SMARTS) is 1. The SMILES string of the molecule is CN(C)CCC(COC(=O)CCC(=O)O)Cc1cccnc1. The average molecular weight is 308 g/mol. The number of aromatic nitrogens is 1. The highest BCUT2D eigenvalue weighted by Gasteiger charge is 2.14. The van der Waals surface area contributed by atoms with Crippen LogP contribution in [0, 0.1) is 5.92 Å². The fourth-order valence-corrected chi connectivity index (χ4v) is 2.03. The van der Waals surface area contributed by atoms with E-state index in [0.29, 0.717) is 6.61 Å². The third-order valence-corrected chi connectivity index (χ3v) is 3.25. The topological polar surface area (TPSA) is 79.7 Å². The second-order valence-corrected chi connectivity index (χ2v) is 5.60. The van der Waals surface area contributed by atoms with Gasteiger partial charge in [-0.1, -0.05) is 6.07 Å². The van der Waals surface area contributed by atoms with Gasteiger partial charge in [-0.25, -0.2) is 0 Å². The van der Waals surface area contributed by atoms with Crippen molar-refractivity contribution in [1.82, 2.24) is 9.88 Å². The van der Waals surface area contributed by atoms with Gasteiger partial charge >= 0.3 is 11.9 Å². The molecule has 0 bridgehead atoms. The number of hydrogen-bond donors (Lipinski definition) is 1. The molecule has 0 radical (unpaired) electrons. The lowest BCUT2D eigenvalue weighted by atomic mass is 9.98. The Labute approximate surface area is 131 Å². The van der Waals surface area contributed by atoms with Gasteiger partial charge in [-0.3, -0.25) is 14.6 Å². The Morgan fingerprint density at radius 1 is 1.36 bits per heavy atom. The van der Waals surface area contributed by atoms with Crippen LogP contribution in [0.4, 0.5) is 0 Å². The van der Waals surface area contributed by atoms with Crippen LogP contribution in [0.1, 0.15) is 24.8 Å². The van der Waals surface area contributed by atoms with Crippen LogP contribution in [0.5, 0.6) is 0 Å². The third-order valence-electron chi connectivity index (χ3n) is 3.25. The van der Waals surface area contributed by atoms with Crippen molar-refractivity contribution in [3.63, 3.8) is 0 Å². The van der Waals surface area contributed by atoms with Gasteiger partial charge in [0.2, 0.25) is 0 Å². The molecule has 0 saturated carbocycles. The lowest BCUT2D eigenvalue weighted by molar-refractivity contribution is -0.148. The van der Waals surface area contributed by atoms with E-state index in [1.54, 1.807) is 6.20 Å². The lowest BCUT2D eigenvalue weighted by Gasteiger charge is -2.19. The maximum atomic E-state index is 11.5. The van der Waals surface area contributed by atoms with Gasteiger partial charge in [0.25, 0.3) is 0 Å². The largest absolute Gasteiger partial charge is 0.481 e. The van der Waals surface area contributed by atoms with Crippen LogP contribution in [0.3, 0.4) is 0 Å². The first-order valence-electron chi connectivity index (χ1n) is 7.38. The van der Waals surface area contributed by atoms with Crippen LogP contribution < -0.4 is 0 Å². The number of pyridine rings is 1. The normalized spacial score (nSPS) is 12.1. The second-order valence-electron chi connectivity index (χ2n) is 5.60. The number of nitrogens with zero attached hydrogens (tertiary/aromatic N) is 2. The maximum absolute atomic E-state index is 11.5. The fourth-order valence-electron chi connectivity index (χ4n) is 2.03. The zero-order valence-electron chi connectivity index (χ0n) is 13.2. The Morgan fingerprint density at radius 3 is 2.73 bits per heavy atom. The minimum atomic E-state index is -0.989. The van der Waals surface area contributed by atoms with Crippen LogP contribution >= 0.6 is 0 Å². The molecule has 0 aliphatic heterocycles. The summed E-state index contributed by atoms with van der Waals surface area (Å²) in [5.41, 5.74) is 1.10. The summed E-state index contributed by atoms with van der Waals surface area (Å²) in [5.74, 6) is -1.25. The Bertz CT molecular complexity index is 462. The molecule has 0 aliphatic rings. The molecule has 122 valence electrons. The van der Waals surface area contributed by atoms with Crippen molar-refractivity contribution in [2.75, 3.05) is 27.2 Å². The molecule has 0 amide bonds. The number of aliphatic carboxylic acids is 1. The lowest BCUT2D eigenvalue weighted by Crippen LogP contribution is -2.22. The van der Waals surface area contributed by atoms with E-state index >= 15 is 0 Å². The molecule has 0 aromatic carbocycles. The van der Waals surface area contributed by atoms with Gasteiger partial charge in [0.15, 0.2) is 0 Å². The van der Waals surface area contributed by atoms with Crippen LogP contribution in [-0.4, -0.2) is 54.2 Å². The molecular weight excluding hydrogens is 284 g/mol. The zero-order chi connectivity index (χ0) is 16.4. The van der Waals surface area contributed by atoms with Crippen LogP contribution in [0.2, 0.25) is 0 Å². The summed E-state index contributed by atoms with van der Waals surface area (Å²) >= 11 is 0. The standard InChI is InChI=1S/C16H24N2O4/c1-18(2)9-7-14(10-13-4-3-8-17-11-13)12-22-16(21)6-5-15(19)20/h3-4,8,11,14H,5-7,9-10,12H2,1-2H3,(H,19,20). The van der Waals surface area contributed by atoms with Crippen LogP contribution in [0.25, 0.3) is 0 Å². The molecule has 0 spiro atoms. The Hall–Kier alpha value is -1.95. The van der Waals surface area contributed by atoms with Crippen molar-refractivity contribution < 1.29 is 19.4 Å². The number of hydrogen-bond acceptors (Lipinski definition) is 5. The first kappa shape index (κ1) is 18.1. The molecule has 0 aliphatic carbocycles. The van der Waals surface area contributed by atoms with Crippen molar-refractivity contribution >= 4 is 11.9 Å². The predicted octanol–water partition coefficient (Wildman–Crippen LogP) is 1.60. The highest BCUT2D eigenvalue weighted by molar-refractivity contribution is 5.76. The Balaban J connectivity index is 2.47. The number of esters is 1. The zero-order valence-corrected chi connectivity index (χ0v) is 13.2. The van der Waals surface area contributed by atoms with Crippen molar-refractivity contribution in [1.29, 1.82) is 0 Å². The molecule has 0 saturated heterocycles. The van der Waals surface area contributed by atoms with Crippen LogP contribution in [-0.2, 0) is 20.7 Å². The highest BCUT2D eigenvalue weighted by atomic mass is 16.5. The van der Waals surface area contributed by atoms with E-state index in [2.05, 4.69) is 9.88 Å². The van der Waals surface area contributed by atoms with Crippen molar-refractivity contribution in [3.8, 4) is 0 Å². The van der Waals surface area contributed by atoms with E-state index in [4.69, 9.17) is 9.84 Å². The summed E-state index contributed by atoms with van der Waals surface area (Å²) in [6, 6.07) is 3.89. The molecule has 6 nitrogen and oxygen atoms in total. The monoisotopic (exact) mass is 308 g/mol. The number of carboxylic acids is 1. The highest BCUT2D eigenvalue weighted by Crippen LogP contribution is 2.13. The summed E-state index contributed by atoms with van der Waals surface area (Å²) in [4.78, 5) is 28.2. The number of carbonyl (C=O) groups is 2. The molecular formula is C16H24N2O4. The van der Waals surface area contributed by atoms with E-state index < -0.39 is 11.9 Å². The third kappa shape index (κ3) is 8.36. The van der Waals surface area contributed by atoms with Crippen LogP contribution in [0.15, 0.2) is 24.5 Å². The van der Waals surface area contributed by atoms with Gasteiger partial charge < -0.3 is 14.7 Å². The summed E-state index contributed by atoms with van der Waals surface area (Å²) in [6.45, 7) is 1.21. The number of rotatable bonds is 10. The summed E-state index contributed by atoms with van der Waals surface area (Å²) in [5, 5.41) is 8.56. The predicted molar refractivity (Wildman–Crippen MR) is 82.4 cm³/mol. The fraction of sp³-hybridized carbons (Fsp3) is 0.562. The summed E-state index contributed by atoms with van der Waals surface area (Å²) in [6.07, 6.45) is 4.95. The molecule has 6 heteroatoms. The van der Waals surface area contributed by atoms with Gasteiger partial charge in [-0.05, 0) is 51.0 Å². The van der Waals surface area contributed by atoms with Crippen molar-refractivity contribution in [2.45, 2.75) is 25.7 Å². The average Bonchev–Trinajstić information content (AvgIpc) is 2.48. The molecule has 1 unspecified atom stereocenters. The van der Waals surface area contributed by atoms with Gasteiger partial charge in [0.05, 0.1) is 19.4 Å². The molecule has 0 fully saturated rings. The number of ether oxygens (including phenoxy) is 1. The molecule has 1 rings (SSSR count). The molecule has 1 aromatic heterocycles. The molecule has 1 aromatic rings. The van der Waals surface area contributed by atoms with Gasteiger partial charge in [0, 0.05) is 12.4 Å². The minimum absolute atomic E-state index is 0.0807. The molecule has 1 heterocycles. The van der Waals surface area contributed by atoms with Gasteiger partial charge in [-0.15, -0.1) is 0 Å². The van der Waals surface area contributed by atoms with Crippen molar-refractivity contribution in [3.05, 3.63) is 30.1 Å². The van der Waals surface area contributed by atoms with Gasteiger partial charge in [0.1, 0.15) is 0 Å². The first-order chi connectivity index (χ1) is 10.5. The smallest absolute Gasteiger partial charge is 0.306 e. The van der Waals surface area contributed by atoms with E-state index in [0.717, 1.165) is 24.9 Å². The summed E-state index contributed by atoms with van der Waals surface area (Å²) in [7, 11) is 4.00. The van der Waals surface area contributed by atoms with Crippen molar-refractivity contribution in [2.24, 2.45) is 5.92 Å². The molecule has 22 heavy (non-hydrogen) atoms. The Kier molecular flexibility index (Phi) is 8.14. The van der Waals surface area contributed by atoms with E-state index in [-0.39, 0.29) is 18.8 Å². The van der Waals surface area contributed by atoms with E-state index in [1.807, 2.05) is 32.4 Å². The second kappa shape index (κ2) is 9.89. The molecule has 1 atom stereocenters. The first-order valence-corrected chi connectivity index (χ1v) is 7.38. The quantitative estimate of drug-likeness (QED) is 0.661. The Morgan fingerprint density at radius 2 is 2.14 bits per heavy atom. The van der Waals surface area contributed by atoms with E-state index in [9.17, 15) is 9.59 Å². The maximum Gasteiger partial charge on any atom is 0.306 e. The van der Waals surface area contributed by atoms with Gasteiger partial charge in [-0.2, -0.15) is 0 Å². The number of carbonyl (C=O) groups excluding carboxylic acids is 1. The minimum Gasteiger partial charge on any atom is -0.481 e. The molecule has 1 N–H and O–H groups in total. The van der Waals surface area contributed by atoms with E-state index in [1.165, 1.54) is 0 Å². The summed E-state index contributed by atoms with van der Waals surface area (Å²) < 4.78 is 5.22.